The monoisotopic (exact) mass is 471 g/mol. The van der Waals surface area contributed by atoms with E-state index in [1.807, 2.05) is 37.3 Å². The highest BCUT2D eigenvalue weighted by molar-refractivity contribution is 5.88. The number of benzene rings is 3. The molecule has 0 spiro atoms. The molecule has 1 heterocycles. The zero-order valence-electron chi connectivity index (χ0n) is 19.4. The molecule has 1 amide bonds. The van der Waals surface area contributed by atoms with Gasteiger partial charge >= 0.3 is 17.7 Å². The summed E-state index contributed by atoms with van der Waals surface area (Å²) in [5, 5.41) is 3.38. The van der Waals surface area contributed by atoms with Crippen LogP contribution in [-0.2, 0) is 22.6 Å². The molecular weight excluding hydrogens is 446 g/mol. The third-order valence-electron chi connectivity index (χ3n) is 5.63. The van der Waals surface area contributed by atoms with Crippen LogP contribution in [0.25, 0.3) is 11.0 Å². The van der Waals surface area contributed by atoms with Crippen LogP contribution < -0.4 is 15.7 Å². The first-order chi connectivity index (χ1) is 17.0. The molecule has 0 bridgehead atoms. The summed E-state index contributed by atoms with van der Waals surface area (Å²) in [5.74, 6) is -0.469. The summed E-state index contributed by atoms with van der Waals surface area (Å²) in [7, 11) is 0. The van der Waals surface area contributed by atoms with Gasteiger partial charge in [0.2, 0.25) is 0 Å². The Morgan fingerprint density at radius 2 is 1.66 bits per heavy atom. The Bertz CT molecular complexity index is 1400. The summed E-state index contributed by atoms with van der Waals surface area (Å²) in [6.45, 7) is 3.72. The molecule has 4 rings (SSSR count). The van der Waals surface area contributed by atoms with Gasteiger partial charge in [-0.05, 0) is 42.2 Å². The van der Waals surface area contributed by atoms with E-state index in [0.717, 1.165) is 16.5 Å². The third kappa shape index (κ3) is 5.58. The second-order valence-corrected chi connectivity index (χ2v) is 7.98. The van der Waals surface area contributed by atoms with E-state index in [-0.39, 0.29) is 12.4 Å². The van der Waals surface area contributed by atoms with Crippen molar-refractivity contribution < 1.29 is 23.5 Å². The number of ether oxygens (including phenoxy) is 2. The lowest BCUT2D eigenvalue weighted by atomic mass is 10.0. The number of fused-ring (bicyclic) bond motifs is 1. The largest absolute Gasteiger partial charge is 0.445 e. The highest BCUT2D eigenvalue weighted by Gasteiger charge is 2.26. The molecule has 0 saturated heterocycles. The zero-order valence-corrected chi connectivity index (χ0v) is 19.4. The van der Waals surface area contributed by atoms with Crippen molar-refractivity contribution in [3.8, 4) is 5.75 Å². The number of carbonyl (C=O) groups excluding carboxylic acids is 2. The molecule has 7 heteroatoms. The molecule has 7 nitrogen and oxygen atoms in total. The Hall–Kier alpha value is -4.39. The normalized spacial score (nSPS) is 11.6. The molecule has 0 radical (unpaired) electrons. The molecule has 178 valence electrons. The second kappa shape index (κ2) is 10.7. The predicted molar refractivity (Wildman–Crippen MR) is 131 cm³/mol. The molecule has 35 heavy (non-hydrogen) atoms. The average Bonchev–Trinajstić information content (AvgIpc) is 2.88. The first-order valence-electron chi connectivity index (χ1n) is 11.3. The van der Waals surface area contributed by atoms with Gasteiger partial charge in [0.15, 0.2) is 6.04 Å². The van der Waals surface area contributed by atoms with Crippen LogP contribution in [0.5, 0.6) is 5.75 Å². The topological polar surface area (TPSA) is 94.8 Å². The van der Waals surface area contributed by atoms with Gasteiger partial charge in [-0.2, -0.15) is 0 Å². The molecule has 0 saturated carbocycles. The van der Waals surface area contributed by atoms with Crippen LogP contribution in [0.3, 0.4) is 0 Å². The third-order valence-corrected chi connectivity index (χ3v) is 5.63. The zero-order chi connectivity index (χ0) is 24.8. The minimum atomic E-state index is -1.11. The summed E-state index contributed by atoms with van der Waals surface area (Å²) < 4.78 is 16.4. The van der Waals surface area contributed by atoms with Gasteiger partial charge in [-0.3, -0.25) is 0 Å². The number of nitrogens with one attached hydrogen (secondary N) is 1. The van der Waals surface area contributed by atoms with Gasteiger partial charge in [-0.15, -0.1) is 0 Å². The van der Waals surface area contributed by atoms with E-state index >= 15 is 0 Å². The molecule has 1 atom stereocenters. The molecule has 4 aromatic rings. The minimum absolute atomic E-state index is 0.0613. The van der Waals surface area contributed by atoms with Crippen molar-refractivity contribution >= 4 is 23.0 Å². The van der Waals surface area contributed by atoms with Crippen LogP contribution in [0.15, 0.2) is 88.1 Å². The fourth-order valence-corrected chi connectivity index (χ4v) is 3.78. The Kier molecular flexibility index (Phi) is 7.26. The number of alkyl carbamates (subject to hydrolysis) is 1. The van der Waals surface area contributed by atoms with Crippen LogP contribution in [-0.4, -0.2) is 12.1 Å². The van der Waals surface area contributed by atoms with Gasteiger partial charge in [-0.25, -0.2) is 14.4 Å². The van der Waals surface area contributed by atoms with Crippen molar-refractivity contribution in [2.24, 2.45) is 0 Å². The summed E-state index contributed by atoms with van der Waals surface area (Å²) in [6, 6.07) is 21.7. The Balaban J connectivity index is 1.57. The maximum atomic E-state index is 13.2. The van der Waals surface area contributed by atoms with Crippen molar-refractivity contribution in [1.82, 2.24) is 5.32 Å². The van der Waals surface area contributed by atoms with Gasteiger partial charge in [0.1, 0.15) is 17.9 Å². The second-order valence-electron chi connectivity index (χ2n) is 7.98. The first kappa shape index (κ1) is 23.8. The molecule has 1 unspecified atom stereocenters. The summed E-state index contributed by atoms with van der Waals surface area (Å²) in [6.07, 6.45) is -0.0975. The highest BCUT2D eigenvalue weighted by Crippen LogP contribution is 2.30. The van der Waals surface area contributed by atoms with Crippen molar-refractivity contribution in [2.75, 3.05) is 0 Å². The van der Waals surface area contributed by atoms with E-state index in [0.29, 0.717) is 23.1 Å². The van der Waals surface area contributed by atoms with Crippen LogP contribution in [0.2, 0.25) is 0 Å². The average molecular weight is 472 g/mol. The fourth-order valence-electron chi connectivity index (χ4n) is 3.78. The van der Waals surface area contributed by atoms with Crippen LogP contribution in [0.1, 0.15) is 35.2 Å². The van der Waals surface area contributed by atoms with E-state index in [2.05, 4.69) is 5.32 Å². The lowest BCUT2D eigenvalue weighted by molar-refractivity contribution is -0.136. The van der Waals surface area contributed by atoms with Gasteiger partial charge in [0.05, 0.1) is 0 Å². The smallest absolute Gasteiger partial charge is 0.408 e. The quantitative estimate of drug-likeness (QED) is 0.225. The van der Waals surface area contributed by atoms with Gasteiger partial charge in [0, 0.05) is 17.0 Å². The standard InChI is InChI=1S/C28H25NO6/c1-3-20-16-24(30)35-26-18(2)23(15-14-22(20)26)34-27(31)25(21-12-8-5-9-13-21)29-28(32)33-17-19-10-6-4-7-11-19/h4-16,25H,3,17H2,1-2H3,(H,29,32). The fraction of sp³-hybridized carbons (Fsp3) is 0.179. The minimum Gasteiger partial charge on any atom is -0.445 e. The molecule has 0 aliphatic rings. The number of carbonyl (C=O) groups is 2. The lowest BCUT2D eigenvalue weighted by Gasteiger charge is -2.19. The number of hydrogen-bond acceptors (Lipinski definition) is 6. The number of aryl methyl sites for hydroxylation is 2. The number of hydrogen-bond donors (Lipinski definition) is 1. The van der Waals surface area contributed by atoms with E-state index < -0.39 is 23.7 Å². The molecule has 0 fully saturated rings. The first-order valence-corrected chi connectivity index (χ1v) is 11.3. The van der Waals surface area contributed by atoms with Crippen molar-refractivity contribution in [2.45, 2.75) is 32.9 Å². The Morgan fingerprint density at radius 3 is 2.34 bits per heavy atom. The lowest BCUT2D eigenvalue weighted by Crippen LogP contribution is -2.36. The molecule has 0 aliphatic heterocycles. The van der Waals surface area contributed by atoms with Gasteiger partial charge in [0.25, 0.3) is 0 Å². The van der Waals surface area contributed by atoms with E-state index in [4.69, 9.17) is 13.9 Å². The number of amides is 1. The maximum Gasteiger partial charge on any atom is 0.408 e. The predicted octanol–water partition coefficient (Wildman–Crippen LogP) is 5.24. The van der Waals surface area contributed by atoms with E-state index in [1.54, 1.807) is 49.4 Å². The molecule has 0 aliphatic carbocycles. The van der Waals surface area contributed by atoms with E-state index in [1.165, 1.54) is 6.07 Å². The summed E-state index contributed by atoms with van der Waals surface area (Å²) in [5.41, 5.74) is 2.62. The van der Waals surface area contributed by atoms with Crippen molar-refractivity contribution in [3.05, 3.63) is 112 Å². The molecule has 1 N–H and O–H groups in total. The van der Waals surface area contributed by atoms with Crippen LogP contribution in [0, 0.1) is 6.92 Å². The Labute approximate surface area is 202 Å². The highest BCUT2D eigenvalue weighted by atomic mass is 16.6. The van der Waals surface area contributed by atoms with Gasteiger partial charge < -0.3 is 19.2 Å². The van der Waals surface area contributed by atoms with Gasteiger partial charge in [-0.1, -0.05) is 67.6 Å². The number of rotatable bonds is 7. The molecule has 1 aromatic heterocycles. The molecular formula is C28H25NO6. The number of esters is 1. The van der Waals surface area contributed by atoms with E-state index in [9.17, 15) is 14.4 Å². The van der Waals surface area contributed by atoms with Crippen LogP contribution >= 0.6 is 0 Å². The van der Waals surface area contributed by atoms with Crippen LogP contribution in [0.4, 0.5) is 4.79 Å². The summed E-state index contributed by atoms with van der Waals surface area (Å²) >= 11 is 0. The Morgan fingerprint density at radius 1 is 0.971 bits per heavy atom. The molecule has 3 aromatic carbocycles. The SMILES string of the molecule is CCc1cc(=O)oc2c(C)c(OC(=O)C(NC(=O)OCc3ccccc3)c3ccccc3)ccc12. The van der Waals surface area contributed by atoms with Crippen molar-refractivity contribution in [1.29, 1.82) is 0 Å². The summed E-state index contributed by atoms with van der Waals surface area (Å²) in [4.78, 5) is 37.7. The van der Waals surface area contributed by atoms with Crippen molar-refractivity contribution in [3.63, 3.8) is 0 Å². The maximum absolute atomic E-state index is 13.2.